The first kappa shape index (κ1) is 22.9. The molecule has 0 atom stereocenters. The molecule has 1 aliphatic heterocycles. The van der Waals surface area contributed by atoms with Gasteiger partial charge in [0.1, 0.15) is 12.4 Å². The Morgan fingerprint density at radius 3 is 2.48 bits per heavy atom. The average molecular weight is 461 g/mol. The second-order valence-corrected chi connectivity index (χ2v) is 9.34. The Morgan fingerprint density at radius 1 is 0.970 bits per heavy atom. The van der Waals surface area contributed by atoms with E-state index in [0.717, 1.165) is 52.1 Å². The number of imide groups is 1. The summed E-state index contributed by atoms with van der Waals surface area (Å²) in [6.45, 7) is 9.34. The summed E-state index contributed by atoms with van der Waals surface area (Å²) in [5.41, 5.74) is 6.50. The minimum absolute atomic E-state index is 0.225. The number of rotatable bonds is 7. The van der Waals surface area contributed by atoms with Crippen LogP contribution in [0, 0.1) is 27.7 Å². The van der Waals surface area contributed by atoms with E-state index in [0.29, 0.717) is 4.91 Å². The van der Waals surface area contributed by atoms with Crippen LogP contribution in [0.5, 0.6) is 5.75 Å². The van der Waals surface area contributed by atoms with Crippen molar-refractivity contribution in [3.63, 3.8) is 0 Å². The molecule has 4 rings (SSSR count). The lowest BCUT2D eigenvalue weighted by Gasteiger charge is -2.14. The van der Waals surface area contributed by atoms with Gasteiger partial charge in [-0.3, -0.25) is 14.5 Å². The van der Waals surface area contributed by atoms with Gasteiger partial charge in [-0.15, -0.1) is 0 Å². The molecule has 6 heteroatoms. The Bertz CT molecular complexity index is 1230. The number of benzene rings is 2. The van der Waals surface area contributed by atoms with E-state index in [1.165, 1.54) is 10.5 Å². The lowest BCUT2D eigenvalue weighted by atomic mass is 10.1. The van der Waals surface area contributed by atoms with Crippen LogP contribution in [0.3, 0.4) is 0 Å². The Balaban J connectivity index is 1.45. The van der Waals surface area contributed by atoms with Crippen LogP contribution in [0.15, 0.2) is 59.5 Å². The van der Waals surface area contributed by atoms with Crippen LogP contribution in [0.1, 0.15) is 33.6 Å². The highest BCUT2D eigenvalue weighted by atomic mass is 32.2. The monoisotopic (exact) mass is 460 g/mol. The van der Waals surface area contributed by atoms with Gasteiger partial charge in [-0.05, 0) is 79.9 Å². The van der Waals surface area contributed by atoms with E-state index in [-0.39, 0.29) is 24.3 Å². The summed E-state index contributed by atoms with van der Waals surface area (Å²) in [7, 11) is 0. The predicted octanol–water partition coefficient (Wildman–Crippen LogP) is 5.89. The molecule has 33 heavy (non-hydrogen) atoms. The number of aryl methyl sites for hydroxylation is 3. The highest BCUT2D eigenvalue weighted by molar-refractivity contribution is 8.18. The van der Waals surface area contributed by atoms with Crippen molar-refractivity contribution in [2.24, 2.45) is 0 Å². The molecule has 2 aromatic carbocycles. The summed E-state index contributed by atoms with van der Waals surface area (Å²) in [4.78, 5) is 27.2. The van der Waals surface area contributed by atoms with Gasteiger partial charge in [-0.25, -0.2) is 0 Å². The smallest absolute Gasteiger partial charge is 0.293 e. The van der Waals surface area contributed by atoms with Gasteiger partial charge in [0.2, 0.25) is 0 Å². The van der Waals surface area contributed by atoms with Gasteiger partial charge in [-0.2, -0.15) is 0 Å². The predicted molar refractivity (Wildman–Crippen MR) is 134 cm³/mol. The van der Waals surface area contributed by atoms with Crippen LogP contribution in [-0.4, -0.2) is 33.8 Å². The van der Waals surface area contributed by atoms with Crippen molar-refractivity contribution in [2.45, 2.75) is 34.2 Å². The van der Waals surface area contributed by atoms with Crippen molar-refractivity contribution in [3.8, 4) is 5.75 Å². The molecule has 0 N–H and O–H groups in total. The lowest BCUT2D eigenvalue weighted by molar-refractivity contribution is -0.123. The standard InChI is InChI=1S/C27H28N2O3S/c1-18-10-11-19(2)24(14-18)32-13-12-28-26(30)25(33-27(28)31)16-23-15-20(3)29(21(23)4)17-22-8-6-5-7-9-22/h5-11,14-16H,12-13,17H2,1-4H3/b25-16-. The quantitative estimate of drug-likeness (QED) is 0.413. The van der Waals surface area contributed by atoms with Gasteiger partial charge in [0.15, 0.2) is 0 Å². The van der Waals surface area contributed by atoms with Crippen molar-refractivity contribution >= 4 is 29.0 Å². The van der Waals surface area contributed by atoms with Crippen molar-refractivity contribution < 1.29 is 14.3 Å². The molecule has 0 unspecified atom stereocenters. The van der Waals surface area contributed by atoms with Gasteiger partial charge < -0.3 is 9.30 Å². The number of nitrogens with zero attached hydrogens (tertiary/aromatic N) is 2. The summed E-state index contributed by atoms with van der Waals surface area (Å²) in [5, 5.41) is -0.256. The van der Waals surface area contributed by atoms with E-state index in [1.807, 2.05) is 63.2 Å². The summed E-state index contributed by atoms with van der Waals surface area (Å²) in [5.74, 6) is 0.519. The van der Waals surface area contributed by atoms with E-state index in [2.05, 4.69) is 29.7 Å². The number of thioether (sulfide) groups is 1. The zero-order valence-corrected chi connectivity index (χ0v) is 20.2. The molecule has 5 nitrogen and oxygen atoms in total. The summed E-state index contributed by atoms with van der Waals surface area (Å²) >= 11 is 0.990. The summed E-state index contributed by atoms with van der Waals surface area (Å²) in [6, 6.07) is 18.3. The highest BCUT2D eigenvalue weighted by Gasteiger charge is 2.35. The number of carbonyl (C=O) groups is 2. The molecule has 0 bridgehead atoms. The highest BCUT2D eigenvalue weighted by Crippen LogP contribution is 2.33. The maximum absolute atomic E-state index is 12.9. The lowest BCUT2D eigenvalue weighted by Crippen LogP contribution is -2.32. The summed E-state index contributed by atoms with van der Waals surface area (Å²) < 4.78 is 8.07. The largest absolute Gasteiger partial charge is 0.491 e. The third kappa shape index (κ3) is 5.06. The SMILES string of the molecule is Cc1ccc(C)c(OCCN2C(=O)S/C(=C\c3cc(C)n(Cc4ccccc4)c3C)C2=O)c1. The number of ether oxygens (including phenoxy) is 1. The molecule has 2 amide bonds. The maximum atomic E-state index is 12.9. The second kappa shape index (κ2) is 9.71. The van der Waals surface area contributed by atoms with E-state index in [9.17, 15) is 9.59 Å². The first-order chi connectivity index (χ1) is 15.8. The van der Waals surface area contributed by atoms with E-state index < -0.39 is 0 Å². The van der Waals surface area contributed by atoms with Crippen LogP contribution in [-0.2, 0) is 11.3 Å². The van der Waals surface area contributed by atoms with Crippen molar-refractivity contribution in [3.05, 3.63) is 93.1 Å². The number of carbonyl (C=O) groups excluding carboxylic acids is 2. The Morgan fingerprint density at radius 2 is 1.73 bits per heavy atom. The second-order valence-electron chi connectivity index (χ2n) is 8.35. The normalized spacial score (nSPS) is 15.0. The molecule has 0 saturated carbocycles. The van der Waals surface area contributed by atoms with Crippen molar-refractivity contribution in [2.75, 3.05) is 13.2 Å². The third-order valence-electron chi connectivity index (χ3n) is 5.87. The topological polar surface area (TPSA) is 51.5 Å². The molecule has 1 saturated heterocycles. The van der Waals surface area contributed by atoms with Crippen LogP contribution < -0.4 is 4.74 Å². The Hall–Kier alpha value is -3.25. The van der Waals surface area contributed by atoms with Crippen molar-refractivity contribution in [1.29, 1.82) is 0 Å². The zero-order chi connectivity index (χ0) is 23.5. The number of hydrogen-bond acceptors (Lipinski definition) is 4. The minimum atomic E-state index is -0.262. The average Bonchev–Trinajstić information content (AvgIpc) is 3.21. The summed E-state index contributed by atoms with van der Waals surface area (Å²) in [6.07, 6.45) is 1.83. The van der Waals surface area contributed by atoms with Crippen LogP contribution in [0.25, 0.3) is 6.08 Å². The third-order valence-corrected chi connectivity index (χ3v) is 6.78. The molecule has 2 heterocycles. The first-order valence-electron chi connectivity index (χ1n) is 11.0. The molecular weight excluding hydrogens is 432 g/mol. The van der Waals surface area contributed by atoms with Gasteiger partial charge >= 0.3 is 0 Å². The fourth-order valence-corrected chi connectivity index (χ4v) is 4.78. The van der Waals surface area contributed by atoms with Crippen LogP contribution >= 0.6 is 11.8 Å². The number of aromatic nitrogens is 1. The zero-order valence-electron chi connectivity index (χ0n) is 19.4. The van der Waals surface area contributed by atoms with E-state index in [1.54, 1.807) is 0 Å². The van der Waals surface area contributed by atoms with Crippen LogP contribution in [0.2, 0.25) is 0 Å². The van der Waals surface area contributed by atoms with Gasteiger partial charge in [-0.1, -0.05) is 42.5 Å². The molecule has 1 fully saturated rings. The first-order valence-corrected chi connectivity index (χ1v) is 11.8. The van der Waals surface area contributed by atoms with Crippen molar-refractivity contribution in [1.82, 2.24) is 9.47 Å². The Kier molecular flexibility index (Phi) is 6.75. The molecule has 170 valence electrons. The van der Waals surface area contributed by atoms with Gasteiger partial charge in [0.05, 0.1) is 11.4 Å². The van der Waals surface area contributed by atoms with E-state index in [4.69, 9.17) is 4.74 Å². The van der Waals surface area contributed by atoms with E-state index >= 15 is 0 Å². The molecule has 1 aliphatic rings. The minimum Gasteiger partial charge on any atom is -0.491 e. The number of amides is 2. The fourth-order valence-electron chi connectivity index (χ4n) is 3.93. The molecule has 0 radical (unpaired) electrons. The molecule has 3 aromatic rings. The molecule has 1 aromatic heterocycles. The molecular formula is C27H28N2O3S. The molecule has 0 spiro atoms. The maximum Gasteiger partial charge on any atom is 0.293 e. The number of hydrogen-bond donors (Lipinski definition) is 0. The van der Waals surface area contributed by atoms with Crippen LogP contribution in [0.4, 0.5) is 4.79 Å². The van der Waals surface area contributed by atoms with Gasteiger partial charge in [0.25, 0.3) is 11.1 Å². The van der Waals surface area contributed by atoms with Gasteiger partial charge in [0, 0.05) is 17.9 Å². The molecule has 0 aliphatic carbocycles. The Labute approximate surface area is 199 Å². The fraction of sp³-hybridized carbons (Fsp3) is 0.259.